The number of nitrogens with two attached hydrogens (primary N) is 1. The lowest BCUT2D eigenvalue weighted by Gasteiger charge is -2.23. The molecular weight excluding hydrogens is 210 g/mol. The summed E-state index contributed by atoms with van der Waals surface area (Å²) in [4.78, 5) is 0. The van der Waals surface area contributed by atoms with E-state index in [1.165, 1.54) is 0 Å². The van der Waals surface area contributed by atoms with Crippen molar-refractivity contribution in [3.63, 3.8) is 0 Å². The SMILES string of the molecule is CC1CCOC1C(N)c1ccccc1Cl. The number of hydrogen-bond donors (Lipinski definition) is 1. The summed E-state index contributed by atoms with van der Waals surface area (Å²) in [6.07, 6.45) is 1.19. The van der Waals surface area contributed by atoms with Gasteiger partial charge in [-0.3, -0.25) is 0 Å². The first-order chi connectivity index (χ1) is 7.20. The van der Waals surface area contributed by atoms with Crippen molar-refractivity contribution in [3.05, 3.63) is 34.9 Å². The van der Waals surface area contributed by atoms with Crippen molar-refractivity contribution >= 4 is 11.6 Å². The van der Waals surface area contributed by atoms with E-state index >= 15 is 0 Å². The molecule has 1 aromatic rings. The van der Waals surface area contributed by atoms with Gasteiger partial charge in [0.25, 0.3) is 0 Å². The maximum atomic E-state index is 6.18. The highest BCUT2D eigenvalue weighted by Gasteiger charge is 2.31. The van der Waals surface area contributed by atoms with Gasteiger partial charge in [-0.2, -0.15) is 0 Å². The van der Waals surface area contributed by atoms with Crippen LogP contribution in [-0.4, -0.2) is 12.7 Å². The summed E-state index contributed by atoms with van der Waals surface area (Å²) in [6, 6.07) is 7.60. The zero-order valence-corrected chi connectivity index (χ0v) is 9.58. The largest absolute Gasteiger partial charge is 0.376 e. The Morgan fingerprint density at radius 1 is 1.47 bits per heavy atom. The van der Waals surface area contributed by atoms with Gasteiger partial charge in [0.2, 0.25) is 0 Å². The van der Waals surface area contributed by atoms with E-state index in [1.54, 1.807) is 0 Å². The zero-order chi connectivity index (χ0) is 10.8. The average molecular weight is 226 g/mol. The molecule has 1 heterocycles. The number of rotatable bonds is 2. The van der Waals surface area contributed by atoms with E-state index in [4.69, 9.17) is 22.1 Å². The highest BCUT2D eigenvalue weighted by Crippen LogP contribution is 2.32. The zero-order valence-electron chi connectivity index (χ0n) is 8.82. The van der Waals surface area contributed by atoms with Gasteiger partial charge < -0.3 is 10.5 Å². The molecule has 1 aromatic carbocycles. The van der Waals surface area contributed by atoms with Crippen LogP contribution in [0.2, 0.25) is 5.02 Å². The molecule has 3 unspecified atom stereocenters. The Hall–Kier alpha value is -0.570. The molecule has 0 radical (unpaired) electrons. The summed E-state index contributed by atoms with van der Waals surface area (Å²) in [7, 11) is 0. The van der Waals surface area contributed by atoms with Crippen molar-refractivity contribution in [2.24, 2.45) is 11.7 Å². The second-order valence-corrected chi connectivity index (χ2v) is 4.56. The summed E-state index contributed by atoms with van der Waals surface area (Å²) < 4.78 is 5.65. The summed E-state index contributed by atoms with van der Waals surface area (Å²) in [5.41, 5.74) is 7.17. The maximum absolute atomic E-state index is 6.18. The Labute approximate surface area is 95.4 Å². The van der Waals surface area contributed by atoms with Crippen LogP contribution in [0.15, 0.2) is 24.3 Å². The molecule has 0 bridgehead atoms. The van der Waals surface area contributed by atoms with Crippen LogP contribution in [0.4, 0.5) is 0 Å². The van der Waals surface area contributed by atoms with Crippen LogP contribution < -0.4 is 5.73 Å². The normalized spacial score (nSPS) is 27.9. The second-order valence-electron chi connectivity index (χ2n) is 4.15. The Morgan fingerprint density at radius 3 is 2.80 bits per heavy atom. The van der Waals surface area contributed by atoms with E-state index < -0.39 is 0 Å². The van der Waals surface area contributed by atoms with Crippen molar-refractivity contribution in [1.29, 1.82) is 0 Å². The maximum Gasteiger partial charge on any atom is 0.0794 e. The van der Waals surface area contributed by atoms with Gasteiger partial charge in [0, 0.05) is 11.6 Å². The van der Waals surface area contributed by atoms with Gasteiger partial charge >= 0.3 is 0 Å². The molecule has 0 amide bonds. The quantitative estimate of drug-likeness (QED) is 0.840. The molecule has 3 atom stereocenters. The molecule has 0 spiro atoms. The predicted molar refractivity (Wildman–Crippen MR) is 61.9 cm³/mol. The van der Waals surface area contributed by atoms with Gasteiger partial charge in [-0.1, -0.05) is 36.7 Å². The fraction of sp³-hybridized carbons (Fsp3) is 0.500. The van der Waals surface area contributed by atoms with Gasteiger partial charge in [0.15, 0.2) is 0 Å². The Morgan fingerprint density at radius 2 is 2.20 bits per heavy atom. The van der Waals surface area contributed by atoms with Crippen LogP contribution in [0.1, 0.15) is 24.9 Å². The van der Waals surface area contributed by atoms with Crippen LogP contribution in [0.3, 0.4) is 0 Å². The number of hydrogen-bond acceptors (Lipinski definition) is 2. The molecule has 1 aliphatic heterocycles. The second kappa shape index (κ2) is 4.52. The van der Waals surface area contributed by atoms with E-state index in [2.05, 4.69) is 6.92 Å². The minimum absolute atomic E-state index is 0.102. The van der Waals surface area contributed by atoms with Gasteiger partial charge in [0.1, 0.15) is 0 Å². The Kier molecular flexibility index (Phi) is 3.29. The molecule has 1 saturated heterocycles. The first kappa shape index (κ1) is 10.9. The fourth-order valence-electron chi connectivity index (χ4n) is 2.10. The molecule has 0 aliphatic carbocycles. The first-order valence-corrected chi connectivity index (χ1v) is 5.69. The average Bonchev–Trinajstić information content (AvgIpc) is 2.64. The van der Waals surface area contributed by atoms with Gasteiger partial charge in [-0.25, -0.2) is 0 Å². The summed E-state index contributed by atoms with van der Waals surface area (Å²) in [6.45, 7) is 2.98. The molecule has 0 aromatic heterocycles. The van der Waals surface area contributed by atoms with E-state index in [9.17, 15) is 0 Å². The Balaban J connectivity index is 2.20. The molecule has 2 N–H and O–H groups in total. The molecular formula is C12H16ClNO. The number of benzene rings is 1. The van der Waals surface area contributed by atoms with Crippen LogP contribution in [0.5, 0.6) is 0 Å². The molecule has 3 heteroatoms. The smallest absolute Gasteiger partial charge is 0.0794 e. The van der Waals surface area contributed by atoms with Crippen LogP contribution in [0, 0.1) is 5.92 Å². The fourth-order valence-corrected chi connectivity index (χ4v) is 2.36. The van der Waals surface area contributed by atoms with E-state index in [-0.39, 0.29) is 12.1 Å². The van der Waals surface area contributed by atoms with Gasteiger partial charge in [0.05, 0.1) is 12.1 Å². The van der Waals surface area contributed by atoms with Crippen LogP contribution in [-0.2, 0) is 4.74 Å². The van der Waals surface area contributed by atoms with E-state index in [0.29, 0.717) is 5.92 Å². The molecule has 0 saturated carbocycles. The van der Waals surface area contributed by atoms with Crippen molar-refractivity contribution in [1.82, 2.24) is 0 Å². The lowest BCUT2D eigenvalue weighted by atomic mass is 9.93. The van der Waals surface area contributed by atoms with Gasteiger partial charge in [-0.15, -0.1) is 0 Å². The molecule has 1 fully saturated rings. The van der Waals surface area contributed by atoms with Crippen molar-refractivity contribution < 1.29 is 4.74 Å². The highest BCUT2D eigenvalue weighted by molar-refractivity contribution is 6.31. The number of halogens is 1. The predicted octanol–water partition coefficient (Wildman–Crippen LogP) is 2.76. The van der Waals surface area contributed by atoms with Crippen molar-refractivity contribution in [2.75, 3.05) is 6.61 Å². The standard InChI is InChI=1S/C12H16ClNO/c1-8-6-7-15-12(8)11(14)9-4-2-3-5-10(9)13/h2-5,8,11-12H,6-7,14H2,1H3. The third-order valence-corrected chi connectivity index (χ3v) is 3.41. The van der Waals surface area contributed by atoms with Crippen LogP contribution in [0.25, 0.3) is 0 Å². The third kappa shape index (κ3) is 2.17. The molecule has 15 heavy (non-hydrogen) atoms. The molecule has 2 rings (SSSR count). The minimum atomic E-state index is -0.115. The molecule has 1 aliphatic rings. The summed E-state index contributed by atoms with van der Waals surface area (Å²) in [5, 5.41) is 0.729. The number of ether oxygens (including phenoxy) is 1. The van der Waals surface area contributed by atoms with Crippen LogP contribution >= 0.6 is 11.6 Å². The molecule has 82 valence electrons. The first-order valence-electron chi connectivity index (χ1n) is 5.31. The van der Waals surface area contributed by atoms with Crippen molar-refractivity contribution in [2.45, 2.75) is 25.5 Å². The van der Waals surface area contributed by atoms with Gasteiger partial charge in [-0.05, 0) is 24.0 Å². The Bertz CT molecular complexity index is 342. The monoisotopic (exact) mass is 225 g/mol. The van der Waals surface area contributed by atoms with E-state index in [1.807, 2.05) is 24.3 Å². The third-order valence-electron chi connectivity index (χ3n) is 3.06. The summed E-state index contributed by atoms with van der Waals surface area (Å²) in [5.74, 6) is 0.510. The topological polar surface area (TPSA) is 35.2 Å². The molecule has 2 nitrogen and oxygen atoms in total. The minimum Gasteiger partial charge on any atom is -0.376 e. The highest BCUT2D eigenvalue weighted by atomic mass is 35.5. The summed E-state index contributed by atoms with van der Waals surface area (Å²) >= 11 is 6.11. The van der Waals surface area contributed by atoms with E-state index in [0.717, 1.165) is 23.6 Å². The lowest BCUT2D eigenvalue weighted by Crippen LogP contribution is -2.30. The lowest BCUT2D eigenvalue weighted by molar-refractivity contribution is 0.0725. The van der Waals surface area contributed by atoms with Crippen molar-refractivity contribution in [3.8, 4) is 0 Å².